The maximum atomic E-state index is 12.5. The van der Waals surface area contributed by atoms with Gasteiger partial charge in [0.15, 0.2) is 0 Å². The molecule has 0 aliphatic rings. The normalized spacial score (nSPS) is 11.4. The number of carbonyl (C=O) groups is 2. The summed E-state index contributed by atoms with van der Waals surface area (Å²) in [5.74, 6) is 0.462. The lowest BCUT2D eigenvalue weighted by atomic mass is 9.83. The number of benzene rings is 2. The van der Waals surface area contributed by atoms with Crippen LogP contribution in [0.25, 0.3) is 11.1 Å². The fourth-order valence-corrected chi connectivity index (χ4v) is 2.52. The minimum Gasteiger partial charge on any atom is -0.355 e. The number of amides is 1. The van der Waals surface area contributed by atoms with Gasteiger partial charge in [-0.3, -0.25) is 9.59 Å². The molecular weight excluding hydrogens is 298 g/mol. The van der Waals surface area contributed by atoms with E-state index in [1.165, 1.54) is 0 Å². The number of rotatable bonds is 6. The summed E-state index contributed by atoms with van der Waals surface area (Å²) in [6.07, 6.45) is 0.847. The second-order valence-corrected chi connectivity index (χ2v) is 7.05. The van der Waals surface area contributed by atoms with E-state index in [9.17, 15) is 9.59 Å². The molecule has 0 saturated carbocycles. The van der Waals surface area contributed by atoms with Crippen LogP contribution in [0.3, 0.4) is 0 Å². The van der Waals surface area contributed by atoms with Crippen molar-refractivity contribution in [2.24, 2.45) is 5.92 Å². The molecule has 2 aromatic carbocycles. The van der Waals surface area contributed by atoms with Crippen LogP contribution in [0.15, 0.2) is 48.5 Å². The van der Waals surface area contributed by atoms with Crippen LogP contribution in [-0.4, -0.2) is 18.7 Å². The molecule has 0 fully saturated rings. The molecule has 126 valence electrons. The topological polar surface area (TPSA) is 46.2 Å². The highest BCUT2D eigenvalue weighted by Gasteiger charge is 2.29. The summed E-state index contributed by atoms with van der Waals surface area (Å²) in [6.45, 7) is 8.71. The second-order valence-electron chi connectivity index (χ2n) is 7.05. The Morgan fingerprint density at radius 2 is 1.75 bits per heavy atom. The Labute approximate surface area is 144 Å². The second kappa shape index (κ2) is 7.43. The van der Waals surface area contributed by atoms with Crippen molar-refractivity contribution in [1.29, 1.82) is 0 Å². The molecule has 3 heteroatoms. The Balaban J connectivity index is 2.21. The van der Waals surface area contributed by atoms with Crippen molar-refractivity contribution in [3.05, 3.63) is 59.7 Å². The number of hydrogen-bond acceptors (Lipinski definition) is 2. The summed E-state index contributed by atoms with van der Waals surface area (Å²) in [5.41, 5.74) is 3.07. The lowest BCUT2D eigenvalue weighted by Crippen LogP contribution is -2.41. The minimum atomic E-state index is -0.585. The Morgan fingerprint density at radius 3 is 2.33 bits per heavy atom. The van der Waals surface area contributed by atoms with E-state index in [2.05, 4.69) is 19.2 Å². The van der Waals surface area contributed by atoms with Crippen molar-refractivity contribution >= 4 is 12.2 Å². The first-order valence-corrected chi connectivity index (χ1v) is 8.29. The monoisotopic (exact) mass is 323 g/mol. The molecule has 0 atom stereocenters. The smallest absolute Gasteiger partial charge is 0.230 e. The average Bonchev–Trinajstić information content (AvgIpc) is 2.59. The van der Waals surface area contributed by atoms with E-state index in [-0.39, 0.29) is 5.91 Å². The molecule has 0 aliphatic carbocycles. The van der Waals surface area contributed by atoms with Gasteiger partial charge in [-0.2, -0.15) is 0 Å². The molecule has 0 heterocycles. The highest BCUT2D eigenvalue weighted by molar-refractivity contribution is 5.87. The van der Waals surface area contributed by atoms with E-state index in [4.69, 9.17) is 0 Å². The number of aldehydes is 1. The van der Waals surface area contributed by atoms with E-state index in [0.29, 0.717) is 18.0 Å². The molecular formula is C21H25NO2. The molecule has 0 bridgehead atoms. The van der Waals surface area contributed by atoms with Crippen molar-refractivity contribution in [1.82, 2.24) is 5.32 Å². The van der Waals surface area contributed by atoms with Gasteiger partial charge in [0.2, 0.25) is 5.91 Å². The third-order valence-electron chi connectivity index (χ3n) is 4.20. The first-order valence-electron chi connectivity index (χ1n) is 8.29. The third kappa shape index (κ3) is 4.10. The van der Waals surface area contributed by atoms with Gasteiger partial charge in [-0.25, -0.2) is 0 Å². The third-order valence-corrected chi connectivity index (χ3v) is 4.20. The molecule has 0 unspecified atom stereocenters. The lowest BCUT2D eigenvalue weighted by molar-refractivity contribution is -0.125. The summed E-state index contributed by atoms with van der Waals surface area (Å²) in [4.78, 5) is 23.4. The van der Waals surface area contributed by atoms with E-state index in [0.717, 1.165) is 23.0 Å². The Bertz CT molecular complexity index is 715. The minimum absolute atomic E-state index is 0.0342. The van der Waals surface area contributed by atoms with Gasteiger partial charge in [0.1, 0.15) is 6.29 Å². The highest BCUT2D eigenvalue weighted by Crippen LogP contribution is 2.27. The van der Waals surface area contributed by atoms with E-state index in [1.807, 2.05) is 56.3 Å². The zero-order valence-corrected chi connectivity index (χ0v) is 14.8. The van der Waals surface area contributed by atoms with Crippen LogP contribution >= 0.6 is 0 Å². The maximum Gasteiger partial charge on any atom is 0.230 e. The molecule has 24 heavy (non-hydrogen) atoms. The summed E-state index contributed by atoms with van der Waals surface area (Å²) < 4.78 is 0. The van der Waals surface area contributed by atoms with Gasteiger partial charge < -0.3 is 5.32 Å². The van der Waals surface area contributed by atoms with Crippen molar-refractivity contribution < 1.29 is 9.59 Å². The quantitative estimate of drug-likeness (QED) is 0.809. The number of nitrogens with one attached hydrogen (secondary N) is 1. The van der Waals surface area contributed by atoms with Gasteiger partial charge >= 0.3 is 0 Å². The average molecular weight is 323 g/mol. The molecule has 2 rings (SSSR count). The standard InChI is InChI=1S/C21H25NO2/c1-15(2)13-22-20(24)21(3,4)19-10-8-17(9-11-19)18-7-5-6-16(12-18)14-23/h5-12,14-15H,13H2,1-4H3,(H,22,24). The fraction of sp³-hybridized carbons (Fsp3) is 0.333. The van der Waals surface area contributed by atoms with Crippen LogP contribution < -0.4 is 5.32 Å². The Kier molecular flexibility index (Phi) is 5.55. The van der Waals surface area contributed by atoms with Gasteiger partial charge in [0.25, 0.3) is 0 Å². The highest BCUT2D eigenvalue weighted by atomic mass is 16.2. The van der Waals surface area contributed by atoms with Crippen LogP contribution in [0.2, 0.25) is 0 Å². The maximum absolute atomic E-state index is 12.5. The number of carbonyl (C=O) groups excluding carboxylic acids is 2. The molecule has 0 aromatic heterocycles. The van der Waals surface area contributed by atoms with Crippen LogP contribution in [-0.2, 0) is 10.2 Å². The van der Waals surface area contributed by atoms with Crippen molar-refractivity contribution in [2.45, 2.75) is 33.1 Å². The molecule has 0 radical (unpaired) electrons. The first kappa shape index (κ1) is 17.9. The fourth-order valence-electron chi connectivity index (χ4n) is 2.52. The molecule has 1 N–H and O–H groups in total. The van der Waals surface area contributed by atoms with Crippen molar-refractivity contribution in [3.8, 4) is 11.1 Å². The van der Waals surface area contributed by atoms with Gasteiger partial charge in [0.05, 0.1) is 5.41 Å². The Morgan fingerprint density at radius 1 is 1.08 bits per heavy atom. The predicted octanol–water partition coefficient (Wildman–Crippen LogP) is 4.22. The largest absolute Gasteiger partial charge is 0.355 e. The number of hydrogen-bond donors (Lipinski definition) is 1. The summed E-state index contributed by atoms with van der Waals surface area (Å²) in [5, 5.41) is 3.00. The van der Waals surface area contributed by atoms with E-state index >= 15 is 0 Å². The summed E-state index contributed by atoms with van der Waals surface area (Å²) in [7, 11) is 0. The van der Waals surface area contributed by atoms with Gasteiger partial charge in [-0.05, 0) is 42.5 Å². The van der Waals surface area contributed by atoms with Crippen molar-refractivity contribution in [2.75, 3.05) is 6.54 Å². The van der Waals surface area contributed by atoms with Crippen LogP contribution in [0.4, 0.5) is 0 Å². The molecule has 1 amide bonds. The zero-order chi connectivity index (χ0) is 17.7. The molecule has 0 aliphatic heterocycles. The van der Waals surface area contributed by atoms with Gasteiger partial charge in [-0.1, -0.05) is 56.3 Å². The Hall–Kier alpha value is -2.42. The van der Waals surface area contributed by atoms with E-state index in [1.54, 1.807) is 6.07 Å². The zero-order valence-electron chi connectivity index (χ0n) is 14.8. The first-order chi connectivity index (χ1) is 11.3. The molecule has 3 nitrogen and oxygen atoms in total. The van der Waals surface area contributed by atoms with Crippen molar-refractivity contribution in [3.63, 3.8) is 0 Å². The molecule has 2 aromatic rings. The molecule has 0 saturated heterocycles. The van der Waals surface area contributed by atoms with Crippen LogP contribution in [0.1, 0.15) is 43.6 Å². The van der Waals surface area contributed by atoms with Crippen LogP contribution in [0, 0.1) is 5.92 Å². The summed E-state index contributed by atoms with van der Waals surface area (Å²) >= 11 is 0. The summed E-state index contributed by atoms with van der Waals surface area (Å²) in [6, 6.07) is 15.5. The predicted molar refractivity (Wildman–Crippen MR) is 98.1 cm³/mol. The SMILES string of the molecule is CC(C)CNC(=O)C(C)(C)c1ccc(-c2cccc(C=O)c2)cc1. The van der Waals surface area contributed by atoms with Gasteiger partial charge in [-0.15, -0.1) is 0 Å². The van der Waals surface area contributed by atoms with E-state index < -0.39 is 5.41 Å². The lowest BCUT2D eigenvalue weighted by Gasteiger charge is -2.25. The van der Waals surface area contributed by atoms with Crippen LogP contribution in [0.5, 0.6) is 0 Å². The van der Waals surface area contributed by atoms with Gasteiger partial charge in [0, 0.05) is 12.1 Å². The molecule has 0 spiro atoms.